The Kier molecular flexibility index (Phi) is 5.93. The van der Waals surface area contributed by atoms with Crippen molar-refractivity contribution >= 4 is 69.2 Å². The molecule has 2 N–H and O–H groups in total. The van der Waals surface area contributed by atoms with Gasteiger partial charge < -0.3 is 5.73 Å². The normalized spacial score (nSPS) is 15.7. The van der Waals surface area contributed by atoms with Crippen LogP contribution >= 0.6 is 63.5 Å². The molecule has 17 heavy (non-hydrogen) atoms. The molecule has 0 saturated carbocycles. The van der Waals surface area contributed by atoms with E-state index in [2.05, 4.69) is 0 Å². The fraction of sp³-hybridized carbons (Fsp3) is 0.143. The van der Waals surface area contributed by atoms with Gasteiger partial charge in [0.1, 0.15) is 0 Å². The number of nitrogens with two attached hydrogens (primary N) is 1. The molecule has 0 unspecified atom stereocenters. The van der Waals surface area contributed by atoms with Crippen molar-refractivity contribution in [2.75, 3.05) is 5.73 Å². The Labute approximate surface area is 121 Å². The first-order valence-corrected chi connectivity index (χ1v) is 9.99. The van der Waals surface area contributed by atoms with Crippen molar-refractivity contribution in [2.45, 2.75) is 16.0 Å². The third-order valence-corrected chi connectivity index (χ3v) is 10.2. The maximum Gasteiger partial charge on any atom is 0.416 e. The standard InChI is InChI=1S/C7H4F3NS5.ClH/c8-7(9,10)3-1-4(11)6-5(2-3)12-14-16-15-13-6;/h1-2H,11H2;1H. The quantitative estimate of drug-likeness (QED) is 0.469. The van der Waals surface area contributed by atoms with E-state index in [1.807, 2.05) is 0 Å². The first kappa shape index (κ1) is 15.9. The van der Waals surface area contributed by atoms with Gasteiger partial charge in [-0.25, -0.2) is 0 Å². The first-order chi connectivity index (χ1) is 7.48. The molecule has 2 rings (SSSR count). The van der Waals surface area contributed by atoms with Gasteiger partial charge in [-0.3, -0.25) is 0 Å². The molecule has 0 atom stereocenters. The van der Waals surface area contributed by atoms with E-state index in [0.29, 0.717) is 4.90 Å². The maximum atomic E-state index is 12.6. The van der Waals surface area contributed by atoms with Crippen molar-refractivity contribution in [1.29, 1.82) is 0 Å². The monoisotopic (exact) mass is 355 g/mol. The second-order valence-corrected chi connectivity index (χ2v) is 10.2. The SMILES string of the molecule is Cl.Nc1cc(C(F)(F)F)cc2c1SSSSS2. The van der Waals surface area contributed by atoms with E-state index in [4.69, 9.17) is 5.73 Å². The highest BCUT2D eigenvalue weighted by Gasteiger charge is 2.32. The number of benzene rings is 1. The van der Waals surface area contributed by atoms with Gasteiger partial charge in [-0.15, -0.1) is 12.4 Å². The van der Waals surface area contributed by atoms with E-state index < -0.39 is 11.7 Å². The van der Waals surface area contributed by atoms with Gasteiger partial charge in [0, 0.05) is 10.6 Å². The van der Waals surface area contributed by atoms with Gasteiger partial charge in [0.2, 0.25) is 0 Å². The fourth-order valence-corrected chi connectivity index (χ4v) is 10.0. The Bertz CT molecular complexity index is 413. The van der Waals surface area contributed by atoms with Gasteiger partial charge in [-0.2, -0.15) is 13.2 Å². The van der Waals surface area contributed by atoms with Crippen LogP contribution in [0.15, 0.2) is 21.9 Å². The van der Waals surface area contributed by atoms with E-state index in [0.717, 1.165) is 17.0 Å². The maximum absolute atomic E-state index is 12.6. The highest BCUT2D eigenvalue weighted by molar-refractivity contribution is 9.36. The number of rotatable bonds is 0. The van der Waals surface area contributed by atoms with Gasteiger partial charge in [-0.05, 0) is 63.2 Å². The number of anilines is 1. The average Bonchev–Trinajstić information content (AvgIpc) is 2.41. The van der Waals surface area contributed by atoms with Crippen molar-refractivity contribution in [3.8, 4) is 0 Å². The summed E-state index contributed by atoms with van der Waals surface area (Å²) in [4.78, 5) is 1.31. The molecule has 0 radical (unpaired) electrons. The molecule has 0 fully saturated rings. The highest BCUT2D eigenvalue weighted by Crippen LogP contribution is 2.60. The number of nitrogen functional groups attached to an aromatic ring is 1. The zero-order valence-corrected chi connectivity index (χ0v) is 12.7. The van der Waals surface area contributed by atoms with Crippen LogP contribution < -0.4 is 5.73 Å². The topological polar surface area (TPSA) is 26.0 Å². The molecule has 1 heterocycles. The third-order valence-electron chi connectivity index (χ3n) is 1.71. The molecule has 1 nitrogen and oxygen atoms in total. The molecule has 0 spiro atoms. The first-order valence-electron chi connectivity index (χ1n) is 3.84. The third kappa shape index (κ3) is 3.90. The lowest BCUT2D eigenvalue weighted by Gasteiger charge is -2.12. The molecule has 1 aliphatic rings. The summed E-state index contributed by atoms with van der Waals surface area (Å²) in [6.07, 6.45) is -4.34. The minimum absolute atomic E-state index is 0. The molecule has 1 aromatic carbocycles. The van der Waals surface area contributed by atoms with Crippen LogP contribution in [0.5, 0.6) is 0 Å². The van der Waals surface area contributed by atoms with E-state index in [1.165, 1.54) is 51.1 Å². The summed E-state index contributed by atoms with van der Waals surface area (Å²) < 4.78 is 37.7. The summed E-state index contributed by atoms with van der Waals surface area (Å²) in [6, 6.07) is 2.15. The smallest absolute Gasteiger partial charge is 0.398 e. The lowest BCUT2D eigenvalue weighted by Crippen LogP contribution is -2.06. The number of fused-ring (bicyclic) bond motifs is 1. The molecule has 10 heteroatoms. The highest BCUT2D eigenvalue weighted by atomic mass is 35.5. The second-order valence-electron chi connectivity index (χ2n) is 2.76. The van der Waals surface area contributed by atoms with Crippen LogP contribution in [0.4, 0.5) is 18.9 Å². The number of hydrogen-bond donors (Lipinski definition) is 1. The van der Waals surface area contributed by atoms with E-state index in [9.17, 15) is 13.2 Å². The van der Waals surface area contributed by atoms with Crippen molar-refractivity contribution in [3.63, 3.8) is 0 Å². The molecule has 96 valence electrons. The van der Waals surface area contributed by atoms with Crippen LogP contribution in [0, 0.1) is 0 Å². The van der Waals surface area contributed by atoms with E-state index >= 15 is 0 Å². The Morgan fingerprint density at radius 2 is 1.65 bits per heavy atom. The van der Waals surface area contributed by atoms with Gasteiger partial charge in [0.25, 0.3) is 0 Å². The Balaban J connectivity index is 0.00000144. The minimum Gasteiger partial charge on any atom is -0.398 e. The summed E-state index contributed by atoms with van der Waals surface area (Å²) >= 11 is 0. The summed E-state index contributed by atoms with van der Waals surface area (Å²) in [6.45, 7) is 0. The zero-order valence-electron chi connectivity index (χ0n) is 7.82. The van der Waals surface area contributed by atoms with Crippen LogP contribution in [0.25, 0.3) is 0 Å². The molecular formula is C7H5ClF3NS5. The van der Waals surface area contributed by atoms with Gasteiger partial charge in [-0.1, -0.05) is 0 Å². The molecule has 0 aliphatic carbocycles. The lowest BCUT2D eigenvalue weighted by atomic mass is 10.2. The Morgan fingerprint density at radius 3 is 2.29 bits per heavy atom. The zero-order chi connectivity index (χ0) is 11.8. The van der Waals surface area contributed by atoms with E-state index in [1.54, 1.807) is 0 Å². The summed E-state index contributed by atoms with van der Waals surface area (Å²) in [5.41, 5.74) is 5.15. The van der Waals surface area contributed by atoms with Gasteiger partial charge in [0.15, 0.2) is 0 Å². The van der Waals surface area contributed by atoms with Crippen LogP contribution in [0.3, 0.4) is 0 Å². The summed E-state index contributed by atoms with van der Waals surface area (Å²) in [7, 11) is 7.17. The number of alkyl halides is 3. The molecule has 1 aromatic rings. The average molecular weight is 356 g/mol. The van der Waals surface area contributed by atoms with Crippen molar-refractivity contribution in [2.24, 2.45) is 0 Å². The molecule has 0 aromatic heterocycles. The Hall–Kier alpha value is 0.850. The predicted octanol–water partition coefficient (Wildman–Crippen LogP) is 5.77. The van der Waals surface area contributed by atoms with Crippen LogP contribution in [-0.2, 0) is 6.18 Å². The largest absolute Gasteiger partial charge is 0.416 e. The minimum atomic E-state index is -4.34. The second kappa shape index (κ2) is 6.33. The Morgan fingerprint density at radius 1 is 1.00 bits per heavy atom. The van der Waals surface area contributed by atoms with Crippen LogP contribution in [0.1, 0.15) is 5.56 Å². The molecular weight excluding hydrogens is 351 g/mol. The van der Waals surface area contributed by atoms with Gasteiger partial charge in [0.05, 0.1) is 10.5 Å². The predicted molar refractivity (Wildman–Crippen MR) is 77.6 cm³/mol. The molecule has 0 saturated heterocycles. The van der Waals surface area contributed by atoms with E-state index in [-0.39, 0.29) is 18.1 Å². The van der Waals surface area contributed by atoms with Gasteiger partial charge >= 0.3 is 6.18 Å². The van der Waals surface area contributed by atoms with Crippen molar-refractivity contribution < 1.29 is 13.2 Å². The van der Waals surface area contributed by atoms with Crippen LogP contribution in [-0.4, -0.2) is 0 Å². The number of hydrogen-bond acceptors (Lipinski definition) is 6. The summed E-state index contributed by atoms with van der Waals surface area (Å²) in [5, 5.41) is 0. The molecule has 0 amide bonds. The number of halogens is 4. The van der Waals surface area contributed by atoms with Crippen LogP contribution in [0.2, 0.25) is 0 Å². The van der Waals surface area contributed by atoms with Crippen molar-refractivity contribution in [1.82, 2.24) is 0 Å². The molecule has 1 aliphatic heterocycles. The molecule has 0 bridgehead atoms. The lowest BCUT2D eigenvalue weighted by molar-refractivity contribution is -0.137. The summed E-state index contributed by atoms with van der Waals surface area (Å²) in [5.74, 6) is 0. The fourth-order valence-electron chi connectivity index (χ4n) is 1.05. The van der Waals surface area contributed by atoms with Crippen molar-refractivity contribution in [3.05, 3.63) is 17.7 Å².